The van der Waals surface area contributed by atoms with E-state index in [1.54, 1.807) is 0 Å². The van der Waals surface area contributed by atoms with E-state index in [1.807, 2.05) is 6.07 Å². The molecule has 1 aromatic heterocycles. The van der Waals surface area contributed by atoms with Gasteiger partial charge in [0.1, 0.15) is 6.07 Å². The fourth-order valence-electron chi connectivity index (χ4n) is 1.90. The van der Waals surface area contributed by atoms with Crippen molar-refractivity contribution in [2.45, 2.75) is 31.5 Å². The molecule has 0 radical (unpaired) electrons. The average Bonchev–Trinajstić information content (AvgIpc) is 2.49. The van der Waals surface area contributed by atoms with Crippen LogP contribution in [0.25, 0.3) is 0 Å². The highest BCUT2D eigenvalue weighted by Gasteiger charge is 2.23. The molecule has 0 amide bonds. The molecule has 2 heterocycles. The first-order valence-electron chi connectivity index (χ1n) is 6.25. The second-order valence-corrected chi connectivity index (χ2v) is 4.33. The summed E-state index contributed by atoms with van der Waals surface area (Å²) in [4.78, 5) is 12.0. The summed E-state index contributed by atoms with van der Waals surface area (Å²) in [6, 6.07) is 3.38. The van der Waals surface area contributed by atoms with Crippen LogP contribution in [0.5, 0.6) is 0 Å². The fourth-order valence-corrected chi connectivity index (χ4v) is 1.90. The van der Waals surface area contributed by atoms with Gasteiger partial charge in [-0.15, -0.1) is 0 Å². The SMILES string of the molecule is N#CC(OCC1CCCCO1)C(=O)c1ccnnc1. The van der Waals surface area contributed by atoms with E-state index in [0.29, 0.717) is 12.2 Å². The molecule has 100 valence electrons. The van der Waals surface area contributed by atoms with Gasteiger partial charge in [0.05, 0.1) is 25.1 Å². The van der Waals surface area contributed by atoms with E-state index in [2.05, 4.69) is 10.2 Å². The van der Waals surface area contributed by atoms with E-state index < -0.39 is 11.9 Å². The van der Waals surface area contributed by atoms with E-state index in [4.69, 9.17) is 14.7 Å². The number of rotatable bonds is 5. The van der Waals surface area contributed by atoms with Gasteiger partial charge >= 0.3 is 0 Å². The van der Waals surface area contributed by atoms with Crippen molar-refractivity contribution in [1.82, 2.24) is 10.2 Å². The van der Waals surface area contributed by atoms with Crippen LogP contribution < -0.4 is 0 Å². The second kappa shape index (κ2) is 6.92. The maximum Gasteiger partial charge on any atom is 0.207 e. The van der Waals surface area contributed by atoms with Gasteiger partial charge in [0.15, 0.2) is 0 Å². The summed E-state index contributed by atoms with van der Waals surface area (Å²) in [7, 11) is 0. The topological polar surface area (TPSA) is 85.1 Å². The Kier molecular flexibility index (Phi) is 4.95. The Labute approximate surface area is 111 Å². The molecule has 0 bridgehead atoms. The maximum atomic E-state index is 12.0. The molecule has 1 fully saturated rings. The summed E-state index contributed by atoms with van der Waals surface area (Å²) in [5.74, 6) is -0.395. The zero-order valence-electron chi connectivity index (χ0n) is 10.5. The number of Topliss-reactive ketones (excluding diaryl/α,β-unsaturated/α-hetero) is 1. The summed E-state index contributed by atoms with van der Waals surface area (Å²) in [5, 5.41) is 16.2. The van der Waals surface area contributed by atoms with Gasteiger partial charge < -0.3 is 9.47 Å². The summed E-state index contributed by atoms with van der Waals surface area (Å²) in [6.45, 7) is 0.982. The van der Waals surface area contributed by atoms with Gasteiger partial charge in [-0.1, -0.05) is 0 Å². The number of nitriles is 1. The maximum absolute atomic E-state index is 12.0. The lowest BCUT2D eigenvalue weighted by Gasteiger charge is -2.23. The Morgan fingerprint density at radius 2 is 2.47 bits per heavy atom. The minimum absolute atomic E-state index is 0.0204. The Morgan fingerprint density at radius 3 is 3.11 bits per heavy atom. The molecule has 0 N–H and O–H groups in total. The van der Waals surface area contributed by atoms with Crippen LogP contribution in [0.1, 0.15) is 29.6 Å². The third kappa shape index (κ3) is 3.81. The molecule has 2 unspecified atom stereocenters. The van der Waals surface area contributed by atoms with E-state index >= 15 is 0 Å². The summed E-state index contributed by atoms with van der Waals surface area (Å²) >= 11 is 0. The monoisotopic (exact) mass is 261 g/mol. The summed E-state index contributed by atoms with van der Waals surface area (Å²) < 4.78 is 10.9. The van der Waals surface area contributed by atoms with Gasteiger partial charge in [-0.3, -0.25) is 4.79 Å². The smallest absolute Gasteiger partial charge is 0.207 e. The Bertz CT molecular complexity index is 452. The highest BCUT2D eigenvalue weighted by Crippen LogP contribution is 2.14. The summed E-state index contributed by atoms with van der Waals surface area (Å²) in [6.07, 6.45) is 4.65. The van der Waals surface area contributed by atoms with Crippen LogP contribution in [0.4, 0.5) is 0 Å². The number of nitrogens with zero attached hydrogens (tertiary/aromatic N) is 3. The standard InChI is InChI=1S/C13H15N3O3/c14-7-12(13(17)10-4-5-15-16-8-10)19-9-11-3-1-2-6-18-11/h4-5,8,11-12H,1-3,6,9H2. The lowest BCUT2D eigenvalue weighted by Crippen LogP contribution is -2.30. The van der Waals surface area contributed by atoms with Gasteiger partial charge in [0, 0.05) is 12.2 Å². The number of ether oxygens (including phenoxy) is 2. The predicted octanol–water partition coefficient (Wildman–Crippen LogP) is 1.14. The highest BCUT2D eigenvalue weighted by molar-refractivity contribution is 6.00. The van der Waals surface area contributed by atoms with Gasteiger partial charge in [-0.05, 0) is 25.3 Å². The van der Waals surface area contributed by atoms with Gasteiger partial charge in [-0.2, -0.15) is 15.5 Å². The molecule has 6 heteroatoms. The molecule has 1 aromatic rings. The van der Waals surface area contributed by atoms with Crippen LogP contribution in [0.15, 0.2) is 18.5 Å². The van der Waals surface area contributed by atoms with Crippen LogP contribution >= 0.6 is 0 Å². The minimum Gasteiger partial charge on any atom is -0.376 e. The Hall–Kier alpha value is -1.84. The van der Waals surface area contributed by atoms with E-state index in [0.717, 1.165) is 19.3 Å². The Morgan fingerprint density at radius 1 is 1.58 bits per heavy atom. The van der Waals surface area contributed by atoms with Crippen LogP contribution in [0.2, 0.25) is 0 Å². The lowest BCUT2D eigenvalue weighted by atomic mass is 10.1. The first-order chi connectivity index (χ1) is 9.31. The van der Waals surface area contributed by atoms with Crippen molar-refractivity contribution in [2.75, 3.05) is 13.2 Å². The van der Waals surface area contributed by atoms with Crippen LogP contribution in [-0.2, 0) is 9.47 Å². The number of hydrogen-bond acceptors (Lipinski definition) is 6. The molecule has 1 saturated heterocycles. The van der Waals surface area contributed by atoms with E-state index in [1.165, 1.54) is 18.5 Å². The van der Waals surface area contributed by atoms with Gasteiger partial charge in [0.25, 0.3) is 0 Å². The molecule has 0 spiro atoms. The van der Waals surface area contributed by atoms with Crippen molar-refractivity contribution in [2.24, 2.45) is 0 Å². The number of aromatic nitrogens is 2. The zero-order valence-corrected chi connectivity index (χ0v) is 10.5. The zero-order chi connectivity index (χ0) is 13.5. The molecule has 1 aliphatic heterocycles. The van der Waals surface area contributed by atoms with E-state index in [-0.39, 0.29) is 12.7 Å². The molecular weight excluding hydrogens is 246 g/mol. The number of carbonyl (C=O) groups excluding carboxylic acids is 1. The first kappa shape index (κ1) is 13.6. The van der Waals surface area contributed by atoms with Gasteiger partial charge in [-0.25, -0.2) is 0 Å². The highest BCUT2D eigenvalue weighted by atomic mass is 16.5. The largest absolute Gasteiger partial charge is 0.376 e. The van der Waals surface area contributed by atoms with Crippen LogP contribution in [0.3, 0.4) is 0 Å². The van der Waals surface area contributed by atoms with Crippen molar-refractivity contribution >= 4 is 5.78 Å². The first-order valence-corrected chi connectivity index (χ1v) is 6.25. The van der Waals surface area contributed by atoms with E-state index in [9.17, 15) is 4.79 Å². The van der Waals surface area contributed by atoms with Crippen LogP contribution in [-0.4, -0.2) is 41.4 Å². The molecule has 0 aromatic carbocycles. The van der Waals surface area contributed by atoms with Gasteiger partial charge in [0.2, 0.25) is 11.9 Å². The lowest BCUT2D eigenvalue weighted by molar-refractivity contribution is -0.0468. The molecule has 1 aliphatic rings. The van der Waals surface area contributed by atoms with Crippen molar-refractivity contribution in [1.29, 1.82) is 5.26 Å². The second-order valence-electron chi connectivity index (χ2n) is 4.33. The molecule has 6 nitrogen and oxygen atoms in total. The number of ketones is 1. The molecule has 2 atom stereocenters. The Balaban J connectivity index is 1.89. The third-order valence-corrected chi connectivity index (χ3v) is 2.95. The quantitative estimate of drug-likeness (QED) is 0.739. The van der Waals surface area contributed by atoms with Crippen molar-refractivity contribution < 1.29 is 14.3 Å². The molecule has 0 aliphatic carbocycles. The normalized spacial score (nSPS) is 20.5. The molecule has 2 rings (SSSR count). The van der Waals surface area contributed by atoms with Crippen molar-refractivity contribution in [3.8, 4) is 6.07 Å². The number of hydrogen-bond donors (Lipinski definition) is 0. The third-order valence-electron chi connectivity index (χ3n) is 2.95. The van der Waals surface area contributed by atoms with Crippen LogP contribution in [0, 0.1) is 11.3 Å². The predicted molar refractivity (Wildman–Crippen MR) is 65.3 cm³/mol. The average molecular weight is 261 g/mol. The van der Waals surface area contributed by atoms with Crippen molar-refractivity contribution in [3.63, 3.8) is 0 Å². The van der Waals surface area contributed by atoms with Crippen molar-refractivity contribution in [3.05, 3.63) is 24.0 Å². The number of carbonyl (C=O) groups is 1. The molecular formula is C13H15N3O3. The summed E-state index contributed by atoms with van der Waals surface area (Å²) in [5.41, 5.74) is 0.325. The fraction of sp³-hybridized carbons (Fsp3) is 0.538. The minimum atomic E-state index is -1.12. The molecule has 0 saturated carbocycles. The molecule has 19 heavy (non-hydrogen) atoms.